The Bertz CT molecular complexity index is 1260. The maximum atomic E-state index is 14.2. The van der Waals surface area contributed by atoms with Gasteiger partial charge in [-0.2, -0.15) is 0 Å². The number of rotatable bonds is 5. The molecule has 2 aliphatic heterocycles. The number of halogens is 1. The quantitative estimate of drug-likeness (QED) is 0.485. The Morgan fingerprint density at radius 2 is 2.00 bits per heavy atom. The highest BCUT2D eigenvalue weighted by Crippen LogP contribution is 2.41. The van der Waals surface area contributed by atoms with Crippen molar-refractivity contribution in [2.45, 2.75) is 51.2 Å². The van der Waals surface area contributed by atoms with Crippen LogP contribution in [0.1, 0.15) is 37.7 Å². The zero-order valence-corrected chi connectivity index (χ0v) is 20.1. The molecule has 0 amide bonds. The van der Waals surface area contributed by atoms with Gasteiger partial charge >= 0.3 is 0 Å². The van der Waals surface area contributed by atoms with E-state index in [9.17, 15) is 4.39 Å². The van der Waals surface area contributed by atoms with Crippen LogP contribution in [0.5, 0.6) is 5.75 Å². The van der Waals surface area contributed by atoms with E-state index in [0.29, 0.717) is 23.2 Å². The molecule has 1 unspecified atom stereocenters. The Kier molecular flexibility index (Phi) is 5.95. The summed E-state index contributed by atoms with van der Waals surface area (Å²) in [4.78, 5) is 9.05. The second kappa shape index (κ2) is 9.23. The van der Waals surface area contributed by atoms with Crippen molar-refractivity contribution < 1.29 is 13.9 Å². The van der Waals surface area contributed by atoms with Crippen LogP contribution in [0.3, 0.4) is 0 Å². The van der Waals surface area contributed by atoms with Crippen LogP contribution in [0.25, 0.3) is 10.9 Å². The minimum absolute atomic E-state index is 0.0410. The Labute approximate surface area is 201 Å². The van der Waals surface area contributed by atoms with Crippen LogP contribution < -0.4 is 10.1 Å². The Morgan fingerprint density at radius 1 is 1.12 bits per heavy atom. The molecule has 178 valence electrons. The van der Waals surface area contributed by atoms with Gasteiger partial charge in [0.2, 0.25) is 0 Å². The standard InChI is InChI=1S/C26H29FN4O2S/c1-16-12-18(31-34-10-2-3-11-34)14-21-25(16)26(29-15-28-21)30-20-5-4-17(27)13-24(20)33-23-7-6-22-19(23)8-9-32-22/h4-5,12-15,19,22-23H,2-3,6-11H2,1H3,(H,28,29,30)/t19?,22-,23+/m0/s1. The molecular weight excluding hydrogens is 451 g/mol. The van der Waals surface area contributed by atoms with Gasteiger partial charge in [0.1, 0.15) is 29.8 Å². The molecule has 2 saturated heterocycles. The first-order chi connectivity index (χ1) is 16.6. The molecule has 0 bridgehead atoms. The summed E-state index contributed by atoms with van der Waals surface area (Å²) in [5.74, 6) is 3.63. The normalized spacial score (nSPS) is 24.5. The van der Waals surface area contributed by atoms with E-state index >= 15 is 0 Å². The van der Waals surface area contributed by atoms with Crippen molar-refractivity contribution in [2.24, 2.45) is 10.3 Å². The fraction of sp³-hybridized carbons (Fsp3) is 0.462. The molecule has 1 saturated carbocycles. The number of hydrogen-bond donors (Lipinski definition) is 1. The second-order valence-electron chi connectivity index (χ2n) is 9.41. The van der Waals surface area contributed by atoms with Gasteiger partial charge in [0, 0.05) is 35.5 Å². The van der Waals surface area contributed by atoms with Gasteiger partial charge < -0.3 is 14.8 Å². The molecule has 3 aromatic rings. The topological polar surface area (TPSA) is 68.6 Å². The van der Waals surface area contributed by atoms with E-state index in [-0.39, 0.29) is 28.7 Å². The molecule has 0 spiro atoms. The van der Waals surface area contributed by atoms with Crippen LogP contribution in [0.2, 0.25) is 0 Å². The predicted octanol–water partition coefficient (Wildman–Crippen LogP) is 5.99. The minimum Gasteiger partial charge on any atom is -0.488 e. The van der Waals surface area contributed by atoms with Crippen LogP contribution in [0.15, 0.2) is 41.0 Å². The summed E-state index contributed by atoms with van der Waals surface area (Å²) in [5.41, 5.74) is 3.60. The van der Waals surface area contributed by atoms with Crippen molar-refractivity contribution in [3.8, 4) is 5.75 Å². The summed E-state index contributed by atoms with van der Waals surface area (Å²) in [6, 6.07) is 8.78. The zero-order chi connectivity index (χ0) is 23.1. The lowest BCUT2D eigenvalue weighted by Gasteiger charge is -2.22. The van der Waals surface area contributed by atoms with E-state index in [0.717, 1.165) is 48.0 Å². The second-order valence-corrected chi connectivity index (χ2v) is 11.3. The van der Waals surface area contributed by atoms with E-state index in [2.05, 4.69) is 28.3 Å². The van der Waals surface area contributed by atoms with Crippen molar-refractivity contribution in [3.05, 3.63) is 48.0 Å². The van der Waals surface area contributed by atoms with Gasteiger partial charge in [-0.25, -0.2) is 18.7 Å². The number of nitrogens with one attached hydrogen (secondary N) is 1. The maximum Gasteiger partial charge on any atom is 0.146 e. The van der Waals surface area contributed by atoms with Crippen LogP contribution in [-0.2, 0) is 15.4 Å². The van der Waals surface area contributed by atoms with E-state index < -0.39 is 0 Å². The first-order valence-corrected chi connectivity index (χ1v) is 13.7. The van der Waals surface area contributed by atoms with Gasteiger partial charge in [0.05, 0.1) is 23.0 Å². The number of fused-ring (bicyclic) bond motifs is 2. The lowest BCUT2D eigenvalue weighted by Crippen LogP contribution is -2.24. The fourth-order valence-electron chi connectivity index (χ4n) is 5.46. The fourth-order valence-corrected chi connectivity index (χ4v) is 7.33. The third-order valence-corrected chi connectivity index (χ3v) is 9.10. The van der Waals surface area contributed by atoms with Gasteiger partial charge in [-0.3, -0.25) is 0 Å². The molecule has 1 N–H and O–H groups in total. The van der Waals surface area contributed by atoms with Gasteiger partial charge in [0.25, 0.3) is 0 Å². The highest BCUT2D eigenvalue weighted by atomic mass is 32.2. The molecule has 8 heteroatoms. The van der Waals surface area contributed by atoms with Gasteiger partial charge in [-0.1, -0.05) is 10.7 Å². The summed E-state index contributed by atoms with van der Waals surface area (Å²) in [5, 5.41) is 4.35. The molecular formula is C26H29FN4O2S. The molecule has 6 rings (SSSR count). The molecule has 6 nitrogen and oxygen atoms in total. The van der Waals surface area contributed by atoms with Crippen molar-refractivity contribution in [3.63, 3.8) is 0 Å². The Balaban J connectivity index is 1.31. The predicted molar refractivity (Wildman–Crippen MR) is 134 cm³/mol. The summed E-state index contributed by atoms with van der Waals surface area (Å²) >= 11 is 0. The number of hydrogen-bond acceptors (Lipinski definition) is 6. The highest BCUT2D eigenvalue weighted by molar-refractivity contribution is 7.87. The van der Waals surface area contributed by atoms with Crippen molar-refractivity contribution in [2.75, 3.05) is 23.4 Å². The Hall–Kier alpha value is -2.58. The number of aryl methyl sites for hydroxylation is 1. The molecule has 1 aromatic heterocycles. The molecule has 3 heterocycles. The maximum absolute atomic E-state index is 14.2. The van der Waals surface area contributed by atoms with Gasteiger partial charge in [-0.05, 0) is 68.9 Å². The van der Waals surface area contributed by atoms with E-state index in [1.54, 1.807) is 12.4 Å². The van der Waals surface area contributed by atoms with Crippen molar-refractivity contribution >= 4 is 38.8 Å². The summed E-state index contributed by atoms with van der Waals surface area (Å²) in [7, 11) is 0.129. The molecule has 1 aliphatic carbocycles. The van der Waals surface area contributed by atoms with Crippen LogP contribution >= 0.6 is 0 Å². The number of aromatic nitrogens is 2. The van der Waals surface area contributed by atoms with Gasteiger partial charge in [0.15, 0.2) is 0 Å². The average Bonchev–Trinajstić information content (AvgIpc) is 3.56. The number of ether oxygens (including phenoxy) is 2. The minimum atomic E-state index is -0.319. The summed E-state index contributed by atoms with van der Waals surface area (Å²) in [6.45, 7) is 2.85. The van der Waals surface area contributed by atoms with Gasteiger partial charge in [-0.15, -0.1) is 0 Å². The molecule has 0 radical (unpaired) electrons. The number of anilines is 2. The molecule has 2 aromatic carbocycles. The first kappa shape index (κ1) is 21.9. The third-order valence-electron chi connectivity index (χ3n) is 7.11. The monoisotopic (exact) mass is 480 g/mol. The van der Waals surface area contributed by atoms with Crippen molar-refractivity contribution in [1.82, 2.24) is 9.97 Å². The summed E-state index contributed by atoms with van der Waals surface area (Å²) < 4.78 is 31.3. The summed E-state index contributed by atoms with van der Waals surface area (Å²) in [6.07, 6.45) is 7.34. The van der Waals surface area contributed by atoms with Crippen LogP contribution in [0, 0.1) is 18.7 Å². The lowest BCUT2D eigenvalue weighted by atomic mass is 10.0. The molecule has 3 atom stereocenters. The lowest BCUT2D eigenvalue weighted by molar-refractivity contribution is 0.0894. The first-order valence-electron chi connectivity index (χ1n) is 12.1. The van der Waals surface area contributed by atoms with E-state index in [4.69, 9.17) is 13.8 Å². The van der Waals surface area contributed by atoms with E-state index in [1.165, 1.54) is 36.5 Å². The van der Waals surface area contributed by atoms with Crippen LogP contribution in [0.4, 0.5) is 21.6 Å². The molecule has 3 fully saturated rings. The SMILES string of the molecule is Cc1cc(N=S2CCCC2)cc2ncnc(Nc3ccc(F)cc3O[C@@H]3CC[C@@H]4OCCC43)c12. The van der Waals surface area contributed by atoms with E-state index in [1.807, 2.05) is 6.07 Å². The zero-order valence-electron chi connectivity index (χ0n) is 19.3. The third kappa shape index (κ3) is 4.29. The molecule has 3 aliphatic rings. The Morgan fingerprint density at radius 3 is 2.88 bits per heavy atom. The van der Waals surface area contributed by atoms with Crippen LogP contribution in [-0.4, -0.2) is 40.3 Å². The highest BCUT2D eigenvalue weighted by Gasteiger charge is 2.42. The number of benzene rings is 2. The molecule has 34 heavy (non-hydrogen) atoms. The largest absolute Gasteiger partial charge is 0.488 e. The average molecular weight is 481 g/mol. The van der Waals surface area contributed by atoms with Crippen molar-refractivity contribution in [1.29, 1.82) is 0 Å². The smallest absolute Gasteiger partial charge is 0.146 e. The number of nitrogens with zero attached hydrogens (tertiary/aromatic N) is 3.